The van der Waals surface area contributed by atoms with Gasteiger partial charge in [0.1, 0.15) is 10.5 Å². The molecule has 2 aromatic heterocycles. The first kappa shape index (κ1) is 11.1. The smallest absolute Gasteiger partial charge is 0.268 e. The molecular weight excluding hydrogens is 251 g/mol. The fourth-order valence-corrected chi connectivity index (χ4v) is 2.85. The molecule has 0 aliphatic carbocycles. The van der Waals surface area contributed by atoms with E-state index in [1.807, 2.05) is 13.0 Å². The zero-order valence-corrected chi connectivity index (χ0v) is 10.3. The first-order valence-corrected chi connectivity index (χ1v) is 6.20. The van der Waals surface area contributed by atoms with Crippen LogP contribution in [0.2, 0.25) is 0 Å². The van der Waals surface area contributed by atoms with E-state index in [2.05, 4.69) is 9.97 Å². The molecule has 1 N–H and O–H groups in total. The van der Waals surface area contributed by atoms with E-state index < -0.39 is 0 Å². The number of aromatic amines is 1. The van der Waals surface area contributed by atoms with Gasteiger partial charge in [-0.15, -0.1) is 11.3 Å². The van der Waals surface area contributed by atoms with Crippen LogP contribution < -0.4 is 5.56 Å². The Morgan fingerprint density at radius 3 is 2.89 bits per heavy atom. The topological polar surface area (TPSA) is 45.8 Å². The molecule has 0 aliphatic rings. The summed E-state index contributed by atoms with van der Waals surface area (Å²) in [6.45, 7) is 1.84. The second-order valence-electron chi connectivity index (χ2n) is 4.04. The number of H-pyrrole nitrogens is 1. The average molecular weight is 260 g/mol. The van der Waals surface area contributed by atoms with Crippen molar-refractivity contribution in [2.24, 2.45) is 0 Å². The number of thiophene rings is 1. The van der Waals surface area contributed by atoms with Crippen LogP contribution in [0, 0.1) is 12.7 Å². The highest BCUT2D eigenvalue weighted by molar-refractivity contribution is 7.22. The number of aromatic nitrogens is 2. The molecule has 0 unspecified atom stereocenters. The lowest BCUT2D eigenvalue weighted by Crippen LogP contribution is -2.02. The standard InChI is InChI=1S/C13H9FN2OS/c1-7-2-3-8(9(14)4-7)11-5-10-12(18-11)13(17)16-6-15-10/h2-6H,1H3,(H,15,16,17). The molecule has 1 aromatic carbocycles. The Hall–Kier alpha value is -2.01. The van der Waals surface area contributed by atoms with Gasteiger partial charge in [-0.2, -0.15) is 0 Å². The summed E-state index contributed by atoms with van der Waals surface area (Å²) >= 11 is 1.25. The monoisotopic (exact) mass is 260 g/mol. The van der Waals surface area contributed by atoms with E-state index >= 15 is 0 Å². The third-order valence-electron chi connectivity index (χ3n) is 2.71. The lowest BCUT2D eigenvalue weighted by Gasteiger charge is -2.00. The van der Waals surface area contributed by atoms with Crippen LogP contribution in [0.25, 0.3) is 20.7 Å². The van der Waals surface area contributed by atoms with Crippen LogP contribution in [0.3, 0.4) is 0 Å². The Bertz CT molecular complexity index is 791. The molecule has 90 valence electrons. The van der Waals surface area contributed by atoms with Crippen LogP contribution in [0.1, 0.15) is 5.56 Å². The molecule has 0 fully saturated rings. The molecule has 0 atom stereocenters. The Kier molecular flexibility index (Phi) is 2.48. The van der Waals surface area contributed by atoms with Crippen molar-refractivity contribution in [1.82, 2.24) is 9.97 Å². The summed E-state index contributed by atoms with van der Waals surface area (Å²) in [5.74, 6) is -0.280. The molecule has 0 spiro atoms. The SMILES string of the molecule is Cc1ccc(-c2cc3nc[nH]c(=O)c3s2)c(F)c1. The highest BCUT2D eigenvalue weighted by atomic mass is 32.1. The predicted octanol–water partition coefficient (Wildman–Crippen LogP) is 3.10. The Labute approximate surface area is 106 Å². The van der Waals surface area contributed by atoms with Crippen LogP contribution in [-0.2, 0) is 0 Å². The quantitative estimate of drug-likeness (QED) is 0.730. The summed E-state index contributed by atoms with van der Waals surface area (Å²) in [5.41, 5.74) is 1.78. The van der Waals surface area contributed by atoms with Gasteiger partial charge in [-0.05, 0) is 24.6 Å². The summed E-state index contributed by atoms with van der Waals surface area (Å²) in [4.78, 5) is 18.9. The van der Waals surface area contributed by atoms with E-state index in [-0.39, 0.29) is 11.4 Å². The second kappa shape index (κ2) is 4.03. The van der Waals surface area contributed by atoms with E-state index in [1.54, 1.807) is 12.1 Å². The van der Waals surface area contributed by atoms with Crippen molar-refractivity contribution in [3.8, 4) is 10.4 Å². The molecule has 0 aliphatic heterocycles. The number of hydrogen-bond donors (Lipinski definition) is 1. The number of benzene rings is 1. The maximum absolute atomic E-state index is 13.9. The zero-order chi connectivity index (χ0) is 12.7. The minimum absolute atomic E-state index is 0.191. The molecule has 5 heteroatoms. The highest BCUT2D eigenvalue weighted by Crippen LogP contribution is 2.32. The molecule has 0 saturated heterocycles. The zero-order valence-electron chi connectivity index (χ0n) is 9.53. The third kappa shape index (κ3) is 1.73. The third-order valence-corrected chi connectivity index (χ3v) is 3.86. The van der Waals surface area contributed by atoms with Gasteiger partial charge in [0.25, 0.3) is 5.56 Å². The largest absolute Gasteiger partial charge is 0.312 e. The van der Waals surface area contributed by atoms with Crippen molar-refractivity contribution in [2.75, 3.05) is 0 Å². The molecule has 18 heavy (non-hydrogen) atoms. The minimum atomic E-state index is -0.280. The predicted molar refractivity (Wildman–Crippen MR) is 70.4 cm³/mol. The van der Waals surface area contributed by atoms with E-state index in [1.165, 1.54) is 23.7 Å². The van der Waals surface area contributed by atoms with Gasteiger partial charge in [0.15, 0.2) is 0 Å². The lowest BCUT2D eigenvalue weighted by molar-refractivity contribution is 0.630. The van der Waals surface area contributed by atoms with Crippen molar-refractivity contribution >= 4 is 21.6 Å². The molecule has 0 amide bonds. The molecular formula is C13H9FN2OS. The van der Waals surface area contributed by atoms with Gasteiger partial charge in [-0.3, -0.25) is 4.79 Å². The van der Waals surface area contributed by atoms with Crippen molar-refractivity contribution in [3.05, 3.63) is 52.3 Å². The molecule has 0 radical (unpaired) electrons. The van der Waals surface area contributed by atoms with E-state index in [0.29, 0.717) is 20.7 Å². The number of aryl methyl sites for hydroxylation is 1. The van der Waals surface area contributed by atoms with Gasteiger partial charge < -0.3 is 4.98 Å². The van der Waals surface area contributed by atoms with Gasteiger partial charge in [0.2, 0.25) is 0 Å². The lowest BCUT2D eigenvalue weighted by atomic mass is 10.1. The number of rotatable bonds is 1. The molecule has 0 saturated carbocycles. The fraction of sp³-hybridized carbons (Fsp3) is 0.0769. The molecule has 3 nitrogen and oxygen atoms in total. The number of fused-ring (bicyclic) bond motifs is 1. The minimum Gasteiger partial charge on any atom is -0.312 e. The Balaban J connectivity index is 2.26. The van der Waals surface area contributed by atoms with Crippen LogP contribution in [0.4, 0.5) is 4.39 Å². The maximum Gasteiger partial charge on any atom is 0.268 e. The van der Waals surface area contributed by atoms with Gasteiger partial charge in [-0.1, -0.05) is 12.1 Å². The summed E-state index contributed by atoms with van der Waals surface area (Å²) in [7, 11) is 0. The Morgan fingerprint density at radius 2 is 2.17 bits per heavy atom. The summed E-state index contributed by atoms with van der Waals surface area (Å²) in [6, 6.07) is 6.80. The second-order valence-corrected chi connectivity index (χ2v) is 5.09. The number of halogens is 1. The number of nitrogens with zero attached hydrogens (tertiary/aromatic N) is 1. The first-order valence-electron chi connectivity index (χ1n) is 5.39. The van der Waals surface area contributed by atoms with Gasteiger partial charge >= 0.3 is 0 Å². The van der Waals surface area contributed by atoms with E-state index in [0.717, 1.165) is 5.56 Å². The van der Waals surface area contributed by atoms with E-state index in [4.69, 9.17) is 0 Å². The summed E-state index contributed by atoms with van der Waals surface area (Å²) in [6.07, 6.45) is 1.35. The van der Waals surface area contributed by atoms with Gasteiger partial charge in [0, 0.05) is 10.4 Å². The van der Waals surface area contributed by atoms with Gasteiger partial charge in [-0.25, -0.2) is 9.37 Å². The molecule has 3 aromatic rings. The van der Waals surface area contributed by atoms with Crippen LogP contribution in [0.5, 0.6) is 0 Å². The highest BCUT2D eigenvalue weighted by Gasteiger charge is 2.11. The van der Waals surface area contributed by atoms with Crippen molar-refractivity contribution in [3.63, 3.8) is 0 Å². The van der Waals surface area contributed by atoms with E-state index in [9.17, 15) is 9.18 Å². The van der Waals surface area contributed by atoms with Crippen molar-refractivity contribution in [2.45, 2.75) is 6.92 Å². The summed E-state index contributed by atoms with van der Waals surface area (Å²) < 4.78 is 14.4. The normalized spacial score (nSPS) is 11.0. The van der Waals surface area contributed by atoms with Crippen LogP contribution in [0.15, 0.2) is 35.4 Å². The molecule has 3 rings (SSSR count). The Morgan fingerprint density at radius 1 is 1.33 bits per heavy atom. The van der Waals surface area contributed by atoms with Crippen molar-refractivity contribution < 1.29 is 4.39 Å². The average Bonchev–Trinajstić information content (AvgIpc) is 2.74. The first-order chi connectivity index (χ1) is 8.65. The van der Waals surface area contributed by atoms with Crippen molar-refractivity contribution in [1.29, 1.82) is 0 Å². The maximum atomic E-state index is 13.9. The molecule has 2 heterocycles. The van der Waals surface area contributed by atoms with Crippen LogP contribution >= 0.6 is 11.3 Å². The number of hydrogen-bond acceptors (Lipinski definition) is 3. The molecule has 0 bridgehead atoms. The number of nitrogens with one attached hydrogen (secondary N) is 1. The summed E-state index contributed by atoms with van der Waals surface area (Å²) in [5, 5.41) is 0. The van der Waals surface area contributed by atoms with Gasteiger partial charge in [0.05, 0.1) is 11.8 Å². The fourth-order valence-electron chi connectivity index (χ4n) is 1.82. The van der Waals surface area contributed by atoms with Crippen LogP contribution in [-0.4, -0.2) is 9.97 Å².